The Morgan fingerprint density at radius 1 is 0.857 bits per heavy atom. The van der Waals surface area contributed by atoms with Crippen molar-refractivity contribution >= 4 is 27.5 Å². The Kier molecular flexibility index (Phi) is 11.3. The molecule has 0 heterocycles. The van der Waals surface area contributed by atoms with Crippen LogP contribution in [-0.4, -0.2) is 43.8 Å². The second-order valence-corrected chi connectivity index (χ2v) is 12.8. The summed E-state index contributed by atoms with van der Waals surface area (Å²) in [6, 6.07) is 18.3. The van der Waals surface area contributed by atoms with Crippen molar-refractivity contribution in [3.05, 3.63) is 95.3 Å². The van der Waals surface area contributed by atoms with Crippen LogP contribution in [0.1, 0.15) is 70.1 Å². The van der Waals surface area contributed by atoms with Crippen LogP contribution in [0.25, 0.3) is 0 Å². The van der Waals surface area contributed by atoms with Crippen LogP contribution in [0.3, 0.4) is 0 Å². The average molecular weight is 596 g/mol. The Hall–Kier alpha value is -3.72. The van der Waals surface area contributed by atoms with Gasteiger partial charge in [0.25, 0.3) is 10.0 Å². The van der Waals surface area contributed by atoms with Gasteiger partial charge in [-0.2, -0.15) is 0 Å². The van der Waals surface area contributed by atoms with Crippen LogP contribution < -0.4 is 9.62 Å². The van der Waals surface area contributed by atoms with E-state index in [1.54, 1.807) is 43.3 Å². The maximum absolute atomic E-state index is 14.1. The smallest absolute Gasteiger partial charge is 0.264 e. The maximum atomic E-state index is 14.1. The van der Waals surface area contributed by atoms with Gasteiger partial charge in [-0.15, -0.1) is 0 Å². The highest BCUT2D eigenvalue weighted by Crippen LogP contribution is 2.27. The van der Waals surface area contributed by atoms with Crippen LogP contribution in [0.15, 0.2) is 77.7 Å². The lowest BCUT2D eigenvalue weighted by molar-refractivity contribution is -0.140. The third-order valence-corrected chi connectivity index (χ3v) is 9.18. The Labute approximate surface area is 249 Å². The fourth-order valence-electron chi connectivity index (χ4n) is 4.54. The van der Waals surface area contributed by atoms with Gasteiger partial charge >= 0.3 is 0 Å². The molecule has 0 radical (unpaired) electrons. The molecule has 0 spiro atoms. The largest absolute Gasteiger partial charge is 0.352 e. The number of carbonyl (C=O) groups is 2. The minimum absolute atomic E-state index is 0.0102. The molecular weight excluding hydrogens is 553 g/mol. The van der Waals surface area contributed by atoms with E-state index in [0.29, 0.717) is 24.1 Å². The molecular formula is C33H42FN3O4S. The highest BCUT2D eigenvalue weighted by atomic mass is 32.2. The minimum Gasteiger partial charge on any atom is -0.352 e. The lowest BCUT2D eigenvalue weighted by Gasteiger charge is -2.33. The molecule has 0 aliphatic heterocycles. The van der Waals surface area contributed by atoms with Crippen LogP contribution in [0, 0.1) is 12.7 Å². The molecule has 0 saturated carbocycles. The van der Waals surface area contributed by atoms with Gasteiger partial charge in [0.15, 0.2) is 0 Å². The van der Waals surface area contributed by atoms with Gasteiger partial charge in [-0.25, -0.2) is 12.8 Å². The quantitative estimate of drug-likeness (QED) is 0.256. The number of nitrogens with zero attached hydrogens (tertiary/aromatic N) is 2. The second-order valence-electron chi connectivity index (χ2n) is 11.0. The molecule has 3 aromatic rings. The first kappa shape index (κ1) is 32.8. The zero-order valence-corrected chi connectivity index (χ0v) is 26.1. The normalized spacial score (nSPS) is 13.0. The van der Waals surface area contributed by atoms with Crippen molar-refractivity contribution in [1.82, 2.24) is 10.2 Å². The highest BCUT2D eigenvalue weighted by molar-refractivity contribution is 7.92. The fourth-order valence-corrected chi connectivity index (χ4v) is 5.95. The molecule has 0 aromatic heterocycles. The summed E-state index contributed by atoms with van der Waals surface area (Å²) in [6.45, 7) is 11.1. The molecule has 42 heavy (non-hydrogen) atoms. The van der Waals surface area contributed by atoms with Gasteiger partial charge in [0.05, 0.1) is 10.6 Å². The summed E-state index contributed by atoms with van der Waals surface area (Å²) in [5.41, 5.74) is 2.89. The molecule has 0 bridgehead atoms. The van der Waals surface area contributed by atoms with Crippen molar-refractivity contribution in [2.24, 2.45) is 0 Å². The standard InChI is InChI=1S/C33H42FN3O4S/c1-7-25(6)35-33(39)31(8-2)36(21-26-11-15-28(34)16-12-26)32(38)22-37(29-17-13-27(14-18-29)23(3)4)42(40,41)30-19-9-24(5)10-20-30/h9-20,23,25,31H,7-8,21-22H2,1-6H3,(H,35,39)/t25-,31-/m1/s1. The number of aryl methyl sites for hydroxylation is 1. The third-order valence-electron chi connectivity index (χ3n) is 7.39. The van der Waals surface area contributed by atoms with E-state index in [4.69, 9.17) is 0 Å². The molecule has 226 valence electrons. The van der Waals surface area contributed by atoms with Crippen molar-refractivity contribution < 1.29 is 22.4 Å². The molecule has 3 aromatic carbocycles. The monoisotopic (exact) mass is 595 g/mol. The number of hydrogen-bond acceptors (Lipinski definition) is 4. The molecule has 7 nitrogen and oxygen atoms in total. The predicted octanol–water partition coefficient (Wildman–Crippen LogP) is 6.17. The van der Waals surface area contributed by atoms with E-state index in [0.717, 1.165) is 15.4 Å². The van der Waals surface area contributed by atoms with E-state index in [1.165, 1.54) is 29.2 Å². The first-order valence-electron chi connectivity index (χ1n) is 14.4. The number of nitrogens with one attached hydrogen (secondary N) is 1. The summed E-state index contributed by atoms with van der Waals surface area (Å²) in [5.74, 6) is -1.05. The predicted molar refractivity (Wildman–Crippen MR) is 165 cm³/mol. The number of sulfonamides is 1. The lowest BCUT2D eigenvalue weighted by atomic mass is 10.0. The van der Waals surface area contributed by atoms with Crippen LogP contribution >= 0.6 is 0 Å². The third kappa shape index (κ3) is 8.18. The van der Waals surface area contributed by atoms with Gasteiger partial charge in [-0.1, -0.05) is 69.7 Å². The number of hydrogen-bond donors (Lipinski definition) is 1. The van der Waals surface area contributed by atoms with E-state index in [-0.39, 0.29) is 29.3 Å². The van der Waals surface area contributed by atoms with Gasteiger partial charge in [0.2, 0.25) is 11.8 Å². The van der Waals surface area contributed by atoms with Crippen molar-refractivity contribution in [2.75, 3.05) is 10.8 Å². The van der Waals surface area contributed by atoms with Crippen molar-refractivity contribution in [3.63, 3.8) is 0 Å². The Balaban J connectivity index is 2.07. The summed E-state index contributed by atoms with van der Waals surface area (Å²) in [7, 11) is -4.15. The zero-order valence-electron chi connectivity index (χ0n) is 25.3. The molecule has 0 saturated heterocycles. The van der Waals surface area contributed by atoms with Gasteiger partial charge < -0.3 is 10.2 Å². The highest BCUT2D eigenvalue weighted by Gasteiger charge is 2.34. The van der Waals surface area contributed by atoms with Crippen LogP contribution in [0.5, 0.6) is 0 Å². The first-order valence-corrected chi connectivity index (χ1v) is 15.8. The summed E-state index contributed by atoms with van der Waals surface area (Å²) in [6.07, 6.45) is 1.02. The van der Waals surface area contributed by atoms with Crippen LogP contribution in [0.2, 0.25) is 0 Å². The van der Waals surface area contributed by atoms with E-state index in [2.05, 4.69) is 5.32 Å². The molecule has 0 aliphatic rings. The SMILES string of the molecule is CC[C@@H](C)NC(=O)[C@@H](CC)N(Cc1ccc(F)cc1)C(=O)CN(c1ccc(C(C)C)cc1)S(=O)(=O)c1ccc(C)cc1. The van der Waals surface area contributed by atoms with Crippen molar-refractivity contribution in [3.8, 4) is 0 Å². The molecule has 2 amide bonds. The Bertz CT molecular complexity index is 1440. The number of rotatable bonds is 13. The Morgan fingerprint density at radius 2 is 1.45 bits per heavy atom. The summed E-state index contributed by atoms with van der Waals surface area (Å²) in [4.78, 5) is 28.9. The van der Waals surface area contributed by atoms with Gasteiger partial charge in [0.1, 0.15) is 18.4 Å². The van der Waals surface area contributed by atoms with Gasteiger partial charge in [-0.05, 0) is 80.1 Å². The van der Waals surface area contributed by atoms with Crippen LogP contribution in [0.4, 0.5) is 10.1 Å². The lowest BCUT2D eigenvalue weighted by Crippen LogP contribution is -2.53. The molecule has 0 fully saturated rings. The van der Waals surface area contributed by atoms with E-state index in [1.807, 2.05) is 46.8 Å². The number of benzene rings is 3. The van der Waals surface area contributed by atoms with Crippen LogP contribution in [-0.2, 0) is 26.2 Å². The second kappa shape index (κ2) is 14.4. The number of anilines is 1. The van der Waals surface area contributed by atoms with Crippen molar-refractivity contribution in [1.29, 1.82) is 0 Å². The summed E-state index contributed by atoms with van der Waals surface area (Å²) >= 11 is 0. The molecule has 3 rings (SSSR count). The summed E-state index contributed by atoms with van der Waals surface area (Å²) < 4.78 is 42.8. The molecule has 1 N–H and O–H groups in total. The zero-order chi connectivity index (χ0) is 31.0. The average Bonchev–Trinajstić information content (AvgIpc) is 2.96. The summed E-state index contributed by atoms with van der Waals surface area (Å²) in [5, 5.41) is 2.95. The molecule has 9 heteroatoms. The fraction of sp³-hybridized carbons (Fsp3) is 0.394. The number of amides is 2. The number of halogens is 1. The maximum Gasteiger partial charge on any atom is 0.264 e. The number of carbonyl (C=O) groups excluding carboxylic acids is 2. The van der Waals surface area contributed by atoms with E-state index in [9.17, 15) is 22.4 Å². The van der Waals surface area contributed by atoms with Gasteiger partial charge in [-0.3, -0.25) is 13.9 Å². The topological polar surface area (TPSA) is 86.8 Å². The first-order chi connectivity index (χ1) is 19.9. The van der Waals surface area contributed by atoms with E-state index < -0.39 is 34.3 Å². The van der Waals surface area contributed by atoms with Gasteiger partial charge in [0, 0.05) is 12.6 Å². The molecule has 0 aliphatic carbocycles. The van der Waals surface area contributed by atoms with Crippen molar-refractivity contribution in [2.45, 2.75) is 83.8 Å². The molecule has 2 atom stereocenters. The Morgan fingerprint density at radius 3 is 1.98 bits per heavy atom. The minimum atomic E-state index is -4.15. The molecule has 0 unspecified atom stereocenters. The van der Waals surface area contributed by atoms with E-state index >= 15 is 0 Å².